The topological polar surface area (TPSA) is 40.5 Å². The fourth-order valence-electron chi connectivity index (χ4n) is 3.32. The number of nitrogens with zero attached hydrogens (tertiary/aromatic N) is 1. The van der Waals surface area contributed by atoms with Crippen LogP contribution in [0.5, 0.6) is 0 Å². The van der Waals surface area contributed by atoms with Gasteiger partial charge in [-0.1, -0.05) is 36.8 Å². The summed E-state index contributed by atoms with van der Waals surface area (Å²) < 4.78 is 0. The second-order valence-corrected chi connectivity index (χ2v) is 5.99. The van der Waals surface area contributed by atoms with Crippen LogP contribution in [-0.4, -0.2) is 35.1 Å². The number of rotatable bonds is 3. The third-order valence-electron chi connectivity index (χ3n) is 4.60. The molecule has 19 heavy (non-hydrogen) atoms. The molecule has 1 saturated heterocycles. The summed E-state index contributed by atoms with van der Waals surface area (Å²) in [6, 6.07) is 10.3. The lowest BCUT2D eigenvalue weighted by molar-refractivity contribution is -0.146. The lowest BCUT2D eigenvalue weighted by atomic mass is 9.64. The second-order valence-electron chi connectivity index (χ2n) is 5.99. The van der Waals surface area contributed by atoms with E-state index in [-0.39, 0.29) is 17.4 Å². The number of β-amino-alcohol motifs (C(OH)–C–C–N with tert-alkyl or cyclic N) is 1. The number of likely N-dealkylation sites (tertiary alicyclic amines) is 1. The maximum atomic E-state index is 12.7. The van der Waals surface area contributed by atoms with Gasteiger partial charge in [-0.15, -0.1) is 0 Å². The summed E-state index contributed by atoms with van der Waals surface area (Å²) in [4.78, 5) is 14.6. The molecule has 102 valence electrons. The molecular weight excluding hydrogens is 238 g/mol. The Kier molecular flexibility index (Phi) is 3.31. The quantitative estimate of drug-likeness (QED) is 0.902. The van der Waals surface area contributed by atoms with Crippen molar-refractivity contribution in [2.75, 3.05) is 13.1 Å². The van der Waals surface area contributed by atoms with Crippen LogP contribution in [0.25, 0.3) is 0 Å². The molecule has 2 aliphatic rings. The van der Waals surface area contributed by atoms with Crippen LogP contribution >= 0.6 is 0 Å². The van der Waals surface area contributed by atoms with Gasteiger partial charge in [0.1, 0.15) is 0 Å². The van der Waals surface area contributed by atoms with Crippen LogP contribution in [0.1, 0.15) is 31.2 Å². The average molecular weight is 259 g/mol. The van der Waals surface area contributed by atoms with E-state index in [4.69, 9.17) is 0 Å². The van der Waals surface area contributed by atoms with E-state index in [0.717, 1.165) is 38.6 Å². The molecule has 0 aromatic heterocycles. The van der Waals surface area contributed by atoms with E-state index in [1.807, 2.05) is 23.1 Å². The fourth-order valence-corrected chi connectivity index (χ4v) is 3.32. The Morgan fingerprint density at radius 3 is 2.58 bits per heavy atom. The Bertz CT molecular complexity index is 453. The predicted molar refractivity (Wildman–Crippen MR) is 73.6 cm³/mol. The standard InChI is InChI=1S/C16H21NO2/c18-14-7-10-17(12-14)15(19)16(8-4-9-16)11-13-5-2-1-3-6-13/h1-3,5-6,14,18H,4,7-12H2/t14-/m1/s1. The van der Waals surface area contributed by atoms with Gasteiger partial charge in [0.2, 0.25) is 5.91 Å². The zero-order valence-electron chi connectivity index (χ0n) is 11.2. The van der Waals surface area contributed by atoms with Crippen LogP contribution in [0, 0.1) is 5.41 Å². The highest BCUT2D eigenvalue weighted by Gasteiger charge is 2.47. The van der Waals surface area contributed by atoms with Crippen LogP contribution in [0.15, 0.2) is 30.3 Å². The molecule has 1 amide bonds. The Labute approximate surface area is 114 Å². The summed E-state index contributed by atoms with van der Waals surface area (Å²) in [7, 11) is 0. The molecule has 1 heterocycles. The van der Waals surface area contributed by atoms with E-state index in [0.29, 0.717) is 6.54 Å². The van der Waals surface area contributed by atoms with Crippen molar-refractivity contribution in [1.29, 1.82) is 0 Å². The van der Waals surface area contributed by atoms with Crippen molar-refractivity contribution in [3.05, 3.63) is 35.9 Å². The van der Waals surface area contributed by atoms with Crippen molar-refractivity contribution in [3.8, 4) is 0 Å². The van der Waals surface area contributed by atoms with Crippen molar-refractivity contribution in [2.45, 2.75) is 38.2 Å². The lowest BCUT2D eigenvalue weighted by Crippen LogP contribution is -2.48. The highest BCUT2D eigenvalue weighted by Crippen LogP contribution is 2.45. The molecule has 3 nitrogen and oxygen atoms in total. The largest absolute Gasteiger partial charge is 0.391 e. The molecule has 0 radical (unpaired) electrons. The third kappa shape index (κ3) is 2.39. The molecule has 1 atom stereocenters. The Morgan fingerprint density at radius 2 is 2.05 bits per heavy atom. The molecule has 1 saturated carbocycles. The number of aliphatic hydroxyl groups is 1. The van der Waals surface area contributed by atoms with Gasteiger partial charge in [-0.05, 0) is 31.2 Å². The van der Waals surface area contributed by atoms with Crippen molar-refractivity contribution in [2.24, 2.45) is 5.41 Å². The van der Waals surface area contributed by atoms with Gasteiger partial charge in [0, 0.05) is 13.1 Å². The number of carbonyl (C=O) groups excluding carboxylic acids is 1. The van der Waals surface area contributed by atoms with Gasteiger partial charge in [0.05, 0.1) is 11.5 Å². The first-order chi connectivity index (χ1) is 9.20. The summed E-state index contributed by atoms with van der Waals surface area (Å²) >= 11 is 0. The van der Waals surface area contributed by atoms with Crippen LogP contribution in [0.2, 0.25) is 0 Å². The summed E-state index contributed by atoms with van der Waals surface area (Å²) in [5.74, 6) is 0.263. The van der Waals surface area contributed by atoms with E-state index in [9.17, 15) is 9.90 Å². The molecular formula is C16H21NO2. The minimum absolute atomic E-state index is 0.189. The maximum Gasteiger partial charge on any atom is 0.229 e. The van der Waals surface area contributed by atoms with Crippen LogP contribution in [0.3, 0.4) is 0 Å². The first-order valence-electron chi connectivity index (χ1n) is 7.21. The van der Waals surface area contributed by atoms with Gasteiger partial charge in [-0.2, -0.15) is 0 Å². The maximum absolute atomic E-state index is 12.7. The van der Waals surface area contributed by atoms with Crippen molar-refractivity contribution < 1.29 is 9.90 Å². The smallest absolute Gasteiger partial charge is 0.229 e. The number of carbonyl (C=O) groups is 1. The van der Waals surface area contributed by atoms with Gasteiger partial charge < -0.3 is 10.0 Å². The predicted octanol–water partition coefficient (Wildman–Crippen LogP) is 1.99. The van der Waals surface area contributed by atoms with E-state index < -0.39 is 0 Å². The van der Waals surface area contributed by atoms with Gasteiger partial charge in [0.15, 0.2) is 0 Å². The number of benzene rings is 1. The highest BCUT2D eigenvalue weighted by molar-refractivity contribution is 5.84. The van der Waals surface area contributed by atoms with E-state index in [2.05, 4.69) is 12.1 Å². The minimum atomic E-state index is -0.321. The van der Waals surface area contributed by atoms with Crippen molar-refractivity contribution in [1.82, 2.24) is 4.90 Å². The van der Waals surface area contributed by atoms with Gasteiger partial charge in [0.25, 0.3) is 0 Å². The molecule has 0 bridgehead atoms. The van der Waals surface area contributed by atoms with Crippen LogP contribution in [0.4, 0.5) is 0 Å². The molecule has 0 spiro atoms. The third-order valence-corrected chi connectivity index (χ3v) is 4.60. The monoisotopic (exact) mass is 259 g/mol. The molecule has 3 heteroatoms. The summed E-state index contributed by atoms with van der Waals surface area (Å²) in [6.07, 6.45) is 4.39. The number of amides is 1. The lowest BCUT2D eigenvalue weighted by Gasteiger charge is -2.43. The zero-order valence-corrected chi connectivity index (χ0v) is 11.2. The molecule has 0 unspecified atom stereocenters. The summed E-state index contributed by atoms with van der Waals surface area (Å²) in [5, 5.41) is 9.60. The molecule has 2 fully saturated rings. The van der Waals surface area contributed by atoms with E-state index >= 15 is 0 Å². The number of aliphatic hydroxyl groups excluding tert-OH is 1. The first-order valence-corrected chi connectivity index (χ1v) is 7.21. The minimum Gasteiger partial charge on any atom is -0.391 e. The number of hydrogen-bond acceptors (Lipinski definition) is 2. The van der Waals surface area contributed by atoms with Gasteiger partial charge in [-0.3, -0.25) is 4.79 Å². The Morgan fingerprint density at radius 1 is 1.32 bits per heavy atom. The zero-order chi connectivity index (χ0) is 13.3. The van der Waals surface area contributed by atoms with Gasteiger partial charge in [-0.25, -0.2) is 0 Å². The average Bonchev–Trinajstić information content (AvgIpc) is 2.81. The normalized spacial score (nSPS) is 25.1. The Hall–Kier alpha value is -1.35. The van der Waals surface area contributed by atoms with E-state index in [1.54, 1.807) is 0 Å². The second kappa shape index (κ2) is 4.97. The van der Waals surface area contributed by atoms with Crippen LogP contribution < -0.4 is 0 Å². The van der Waals surface area contributed by atoms with Crippen molar-refractivity contribution >= 4 is 5.91 Å². The Balaban J connectivity index is 1.74. The van der Waals surface area contributed by atoms with Gasteiger partial charge >= 0.3 is 0 Å². The van der Waals surface area contributed by atoms with Crippen LogP contribution in [-0.2, 0) is 11.2 Å². The summed E-state index contributed by atoms with van der Waals surface area (Å²) in [5.41, 5.74) is 1.06. The molecule has 3 rings (SSSR count). The summed E-state index contributed by atoms with van der Waals surface area (Å²) in [6.45, 7) is 1.24. The van der Waals surface area contributed by atoms with E-state index in [1.165, 1.54) is 5.56 Å². The molecule has 1 N–H and O–H groups in total. The molecule has 1 aromatic carbocycles. The first kappa shape index (κ1) is 12.7. The fraction of sp³-hybridized carbons (Fsp3) is 0.562. The highest BCUT2D eigenvalue weighted by atomic mass is 16.3. The molecule has 1 aromatic rings. The van der Waals surface area contributed by atoms with Crippen molar-refractivity contribution in [3.63, 3.8) is 0 Å². The molecule has 1 aliphatic carbocycles. The molecule has 1 aliphatic heterocycles. The SMILES string of the molecule is O=C(N1CC[C@@H](O)C1)C1(Cc2ccccc2)CCC1. The number of hydrogen-bond donors (Lipinski definition) is 1.